The Labute approximate surface area is 104 Å². The minimum Gasteiger partial charge on any atom is -0.383 e. The standard InChI is InChI=1S/C13H15BrN2/c1-7(2)9-6-10-11(14)5-4-8(3)12(10)16-13(9)15/h4-7H,1-3H3,(H2,15,16). The van der Waals surface area contributed by atoms with Crippen LogP contribution in [0.3, 0.4) is 0 Å². The molecule has 1 heterocycles. The molecule has 2 nitrogen and oxygen atoms in total. The molecule has 2 rings (SSSR count). The molecular weight excluding hydrogens is 264 g/mol. The molecule has 0 bridgehead atoms. The maximum absolute atomic E-state index is 5.98. The molecule has 1 aromatic carbocycles. The first kappa shape index (κ1) is 11.4. The summed E-state index contributed by atoms with van der Waals surface area (Å²) >= 11 is 3.56. The van der Waals surface area contributed by atoms with Gasteiger partial charge in [-0.15, -0.1) is 0 Å². The Morgan fingerprint density at radius 2 is 2.00 bits per heavy atom. The molecule has 0 amide bonds. The van der Waals surface area contributed by atoms with E-state index in [2.05, 4.69) is 53.8 Å². The van der Waals surface area contributed by atoms with Gasteiger partial charge >= 0.3 is 0 Å². The Bertz CT molecular complexity index is 547. The van der Waals surface area contributed by atoms with Gasteiger partial charge in [-0.2, -0.15) is 0 Å². The Morgan fingerprint density at radius 1 is 1.31 bits per heavy atom. The van der Waals surface area contributed by atoms with E-state index in [4.69, 9.17) is 5.73 Å². The van der Waals surface area contributed by atoms with Crippen molar-refractivity contribution in [1.82, 2.24) is 4.98 Å². The van der Waals surface area contributed by atoms with Crippen LogP contribution in [0, 0.1) is 6.92 Å². The maximum atomic E-state index is 5.98. The number of nitrogens with two attached hydrogens (primary N) is 1. The van der Waals surface area contributed by atoms with Crippen molar-refractivity contribution >= 4 is 32.7 Å². The van der Waals surface area contributed by atoms with Crippen LogP contribution in [0.15, 0.2) is 22.7 Å². The van der Waals surface area contributed by atoms with Gasteiger partial charge in [0, 0.05) is 9.86 Å². The highest BCUT2D eigenvalue weighted by molar-refractivity contribution is 9.10. The van der Waals surface area contributed by atoms with Crippen LogP contribution in [0.4, 0.5) is 5.82 Å². The lowest BCUT2D eigenvalue weighted by molar-refractivity contribution is 0.866. The highest BCUT2D eigenvalue weighted by Gasteiger charge is 2.10. The van der Waals surface area contributed by atoms with Crippen LogP contribution in [-0.4, -0.2) is 4.98 Å². The van der Waals surface area contributed by atoms with Gasteiger partial charge in [-0.3, -0.25) is 0 Å². The number of nitrogens with zero attached hydrogens (tertiary/aromatic N) is 1. The normalized spacial score (nSPS) is 11.3. The predicted octanol–water partition coefficient (Wildman–Crippen LogP) is 4.01. The van der Waals surface area contributed by atoms with E-state index in [-0.39, 0.29) is 0 Å². The number of pyridine rings is 1. The number of hydrogen-bond donors (Lipinski definition) is 1. The molecule has 0 aliphatic carbocycles. The first-order valence-corrected chi connectivity index (χ1v) is 6.15. The fourth-order valence-electron chi connectivity index (χ4n) is 1.85. The molecule has 0 unspecified atom stereocenters. The zero-order valence-electron chi connectivity index (χ0n) is 9.71. The van der Waals surface area contributed by atoms with Gasteiger partial charge in [0.25, 0.3) is 0 Å². The summed E-state index contributed by atoms with van der Waals surface area (Å²) in [5.41, 5.74) is 9.23. The maximum Gasteiger partial charge on any atom is 0.127 e. The van der Waals surface area contributed by atoms with Gasteiger partial charge in [-0.25, -0.2) is 4.98 Å². The van der Waals surface area contributed by atoms with Gasteiger partial charge in [0.1, 0.15) is 5.82 Å². The number of halogens is 1. The first-order valence-electron chi connectivity index (χ1n) is 5.36. The Kier molecular flexibility index (Phi) is 2.89. The second-order valence-corrected chi connectivity index (χ2v) is 5.23. The summed E-state index contributed by atoms with van der Waals surface area (Å²) in [6, 6.07) is 6.24. The molecule has 0 radical (unpaired) electrons. The fourth-order valence-corrected chi connectivity index (χ4v) is 2.29. The van der Waals surface area contributed by atoms with Crippen molar-refractivity contribution in [3.8, 4) is 0 Å². The Morgan fingerprint density at radius 3 is 2.62 bits per heavy atom. The quantitative estimate of drug-likeness (QED) is 0.856. The Balaban J connectivity index is 2.84. The lowest BCUT2D eigenvalue weighted by atomic mass is 10.0. The second kappa shape index (κ2) is 4.06. The van der Waals surface area contributed by atoms with Crippen LogP contribution in [0.2, 0.25) is 0 Å². The fraction of sp³-hybridized carbons (Fsp3) is 0.308. The number of fused-ring (bicyclic) bond motifs is 1. The summed E-state index contributed by atoms with van der Waals surface area (Å²) in [4.78, 5) is 4.50. The number of anilines is 1. The van der Waals surface area contributed by atoms with Gasteiger partial charge < -0.3 is 5.73 Å². The number of rotatable bonds is 1. The average Bonchev–Trinajstić information content (AvgIpc) is 2.23. The van der Waals surface area contributed by atoms with E-state index in [9.17, 15) is 0 Å². The van der Waals surface area contributed by atoms with Crippen molar-refractivity contribution in [2.45, 2.75) is 26.7 Å². The van der Waals surface area contributed by atoms with Crippen molar-refractivity contribution in [3.63, 3.8) is 0 Å². The Hall–Kier alpha value is -1.09. The van der Waals surface area contributed by atoms with Crippen LogP contribution in [0.25, 0.3) is 10.9 Å². The molecule has 0 aliphatic rings. The van der Waals surface area contributed by atoms with Crippen molar-refractivity contribution in [2.75, 3.05) is 5.73 Å². The minimum atomic E-state index is 0.393. The average molecular weight is 279 g/mol. The number of aryl methyl sites for hydroxylation is 1. The van der Waals surface area contributed by atoms with Gasteiger partial charge in [0.05, 0.1) is 5.52 Å². The molecular formula is C13H15BrN2. The lowest BCUT2D eigenvalue weighted by Gasteiger charge is -2.12. The molecule has 0 saturated heterocycles. The molecule has 0 aliphatic heterocycles. The van der Waals surface area contributed by atoms with Gasteiger partial charge in [-0.05, 0) is 36.1 Å². The van der Waals surface area contributed by atoms with Crippen molar-refractivity contribution in [2.24, 2.45) is 0 Å². The summed E-state index contributed by atoms with van der Waals surface area (Å²) in [5, 5.41) is 1.14. The number of hydrogen-bond acceptors (Lipinski definition) is 2. The van der Waals surface area contributed by atoms with E-state index in [1.165, 1.54) is 0 Å². The largest absolute Gasteiger partial charge is 0.383 e. The third-order valence-electron chi connectivity index (χ3n) is 2.82. The topological polar surface area (TPSA) is 38.9 Å². The van der Waals surface area contributed by atoms with Crippen LogP contribution in [0.5, 0.6) is 0 Å². The van der Waals surface area contributed by atoms with Crippen LogP contribution >= 0.6 is 15.9 Å². The molecule has 3 heteroatoms. The summed E-state index contributed by atoms with van der Waals surface area (Å²) in [6.07, 6.45) is 0. The second-order valence-electron chi connectivity index (χ2n) is 4.38. The number of nitrogen functional groups attached to an aromatic ring is 1. The number of benzene rings is 1. The van der Waals surface area contributed by atoms with E-state index >= 15 is 0 Å². The molecule has 0 atom stereocenters. The van der Waals surface area contributed by atoms with Gasteiger partial charge in [-0.1, -0.05) is 35.8 Å². The van der Waals surface area contributed by atoms with E-state index < -0.39 is 0 Å². The van der Waals surface area contributed by atoms with E-state index in [0.717, 1.165) is 26.5 Å². The first-order chi connectivity index (χ1) is 7.50. The summed E-state index contributed by atoms with van der Waals surface area (Å²) < 4.78 is 1.07. The molecule has 2 N–H and O–H groups in total. The summed E-state index contributed by atoms with van der Waals surface area (Å²) in [7, 11) is 0. The van der Waals surface area contributed by atoms with Gasteiger partial charge in [0.15, 0.2) is 0 Å². The molecule has 1 aromatic heterocycles. The smallest absolute Gasteiger partial charge is 0.127 e. The van der Waals surface area contributed by atoms with Gasteiger partial charge in [0.2, 0.25) is 0 Å². The SMILES string of the molecule is Cc1ccc(Br)c2cc(C(C)C)c(N)nc12. The monoisotopic (exact) mass is 278 g/mol. The van der Waals surface area contributed by atoms with Crippen LogP contribution < -0.4 is 5.73 Å². The molecule has 2 aromatic rings. The minimum absolute atomic E-state index is 0.393. The van der Waals surface area contributed by atoms with E-state index in [1.54, 1.807) is 0 Å². The molecule has 84 valence electrons. The zero-order chi connectivity index (χ0) is 11.9. The van der Waals surface area contributed by atoms with Crippen molar-refractivity contribution < 1.29 is 0 Å². The van der Waals surface area contributed by atoms with E-state index in [0.29, 0.717) is 11.7 Å². The van der Waals surface area contributed by atoms with Crippen molar-refractivity contribution in [3.05, 3.63) is 33.8 Å². The highest BCUT2D eigenvalue weighted by atomic mass is 79.9. The molecule has 0 fully saturated rings. The highest BCUT2D eigenvalue weighted by Crippen LogP contribution is 2.30. The molecule has 0 spiro atoms. The van der Waals surface area contributed by atoms with Crippen molar-refractivity contribution in [1.29, 1.82) is 0 Å². The number of aromatic nitrogens is 1. The lowest BCUT2D eigenvalue weighted by Crippen LogP contribution is -2.01. The predicted molar refractivity (Wildman–Crippen MR) is 72.7 cm³/mol. The zero-order valence-corrected chi connectivity index (χ0v) is 11.3. The summed E-state index contributed by atoms with van der Waals surface area (Å²) in [6.45, 7) is 6.31. The van der Waals surface area contributed by atoms with Crippen LogP contribution in [0.1, 0.15) is 30.9 Å². The summed E-state index contributed by atoms with van der Waals surface area (Å²) in [5.74, 6) is 1.04. The van der Waals surface area contributed by atoms with Crippen LogP contribution in [-0.2, 0) is 0 Å². The third kappa shape index (κ3) is 1.80. The molecule has 16 heavy (non-hydrogen) atoms. The van der Waals surface area contributed by atoms with E-state index in [1.807, 2.05) is 6.07 Å². The molecule has 0 saturated carbocycles. The third-order valence-corrected chi connectivity index (χ3v) is 3.51.